The third-order valence-corrected chi connectivity index (χ3v) is 2.15. The summed E-state index contributed by atoms with van der Waals surface area (Å²) >= 11 is 0. The van der Waals surface area contributed by atoms with Crippen molar-refractivity contribution < 1.29 is 0 Å². The predicted octanol–water partition coefficient (Wildman–Crippen LogP) is 1.39. The molecule has 0 bridgehead atoms. The summed E-state index contributed by atoms with van der Waals surface area (Å²) in [5, 5.41) is 7.85. The Morgan fingerprint density at radius 3 is 2.53 bits per heavy atom. The standard InChI is InChI=1S/C11H11N3O/c1-2-9-11(15)12-10(14-13-9)8-6-4-3-5-7-8/h3-7H,2H2,1H3,(H,12,14,15). The molecule has 1 N–H and O–H groups in total. The van der Waals surface area contributed by atoms with Crippen LogP contribution < -0.4 is 5.56 Å². The first-order valence-electron chi connectivity index (χ1n) is 4.82. The molecule has 0 saturated carbocycles. The van der Waals surface area contributed by atoms with Crippen molar-refractivity contribution in [3.8, 4) is 11.4 Å². The van der Waals surface area contributed by atoms with Gasteiger partial charge in [0.25, 0.3) is 5.56 Å². The van der Waals surface area contributed by atoms with E-state index in [0.29, 0.717) is 17.9 Å². The fraction of sp³-hybridized carbons (Fsp3) is 0.182. The van der Waals surface area contributed by atoms with Gasteiger partial charge in [0.15, 0.2) is 5.82 Å². The Hall–Kier alpha value is -1.97. The van der Waals surface area contributed by atoms with Gasteiger partial charge in [-0.1, -0.05) is 37.3 Å². The number of hydrogen-bond acceptors (Lipinski definition) is 3. The van der Waals surface area contributed by atoms with Gasteiger partial charge >= 0.3 is 0 Å². The average Bonchev–Trinajstić information content (AvgIpc) is 2.30. The first-order chi connectivity index (χ1) is 7.31. The summed E-state index contributed by atoms with van der Waals surface area (Å²) in [6.07, 6.45) is 0.595. The molecule has 0 aliphatic carbocycles. The van der Waals surface area contributed by atoms with Crippen molar-refractivity contribution in [1.82, 2.24) is 15.2 Å². The van der Waals surface area contributed by atoms with Crippen molar-refractivity contribution in [2.75, 3.05) is 0 Å². The Labute approximate surface area is 87.0 Å². The van der Waals surface area contributed by atoms with Crippen molar-refractivity contribution in [1.29, 1.82) is 0 Å². The SMILES string of the molecule is CCc1nnc(-c2ccccc2)[nH]c1=O. The van der Waals surface area contributed by atoms with Crippen molar-refractivity contribution in [3.63, 3.8) is 0 Å². The number of H-pyrrole nitrogens is 1. The van der Waals surface area contributed by atoms with Gasteiger partial charge in [0.05, 0.1) is 0 Å². The van der Waals surface area contributed by atoms with E-state index in [9.17, 15) is 4.79 Å². The fourth-order valence-corrected chi connectivity index (χ4v) is 1.32. The second-order valence-electron chi connectivity index (χ2n) is 3.17. The van der Waals surface area contributed by atoms with Crippen LogP contribution >= 0.6 is 0 Å². The summed E-state index contributed by atoms with van der Waals surface area (Å²) in [4.78, 5) is 14.2. The molecule has 2 aromatic rings. The van der Waals surface area contributed by atoms with Gasteiger partial charge in [-0.3, -0.25) is 4.79 Å². The van der Waals surface area contributed by atoms with Crippen molar-refractivity contribution in [2.45, 2.75) is 13.3 Å². The van der Waals surface area contributed by atoms with Gasteiger partial charge in [0.1, 0.15) is 5.69 Å². The Morgan fingerprint density at radius 2 is 1.93 bits per heavy atom. The highest BCUT2D eigenvalue weighted by Gasteiger charge is 2.03. The molecule has 1 aromatic heterocycles. The normalized spacial score (nSPS) is 10.2. The van der Waals surface area contributed by atoms with E-state index in [2.05, 4.69) is 15.2 Å². The van der Waals surface area contributed by atoms with Crippen molar-refractivity contribution in [2.24, 2.45) is 0 Å². The molecule has 4 nitrogen and oxygen atoms in total. The Morgan fingerprint density at radius 1 is 1.20 bits per heavy atom. The van der Waals surface area contributed by atoms with Crippen LogP contribution in [0.2, 0.25) is 0 Å². The van der Waals surface area contributed by atoms with Crippen LogP contribution in [0.25, 0.3) is 11.4 Å². The van der Waals surface area contributed by atoms with Gasteiger partial charge in [-0.15, -0.1) is 10.2 Å². The maximum atomic E-state index is 11.5. The van der Waals surface area contributed by atoms with Crippen molar-refractivity contribution >= 4 is 0 Å². The van der Waals surface area contributed by atoms with Crippen LogP contribution in [0, 0.1) is 0 Å². The zero-order valence-electron chi connectivity index (χ0n) is 8.40. The quantitative estimate of drug-likeness (QED) is 0.798. The van der Waals surface area contributed by atoms with E-state index < -0.39 is 0 Å². The second-order valence-corrected chi connectivity index (χ2v) is 3.17. The van der Waals surface area contributed by atoms with Gasteiger partial charge < -0.3 is 4.98 Å². The monoisotopic (exact) mass is 201 g/mol. The highest BCUT2D eigenvalue weighted by atomic mass is 16.1. The number of rotatable bonds is 2. The topological polar surface area (TPSA) is 58.6 Å². The third-order valence-electron chi connectivity index (χ3n) is 2.15. The van der Waals surface area contributed by atoms with Crippen molar-refractivity contribution in [3.05, 3.63) is 46.4 Å². The molecule has 0 saturated heterocycles. The summed E-state index contributed by atoms with van der Waals surface area (Å²) in [6, 6.07) is 9.46. The van der Waals surface area contributed by atoms with Crippen LogP contribution in [-0.2, 0) is 6.42 Å². The highest BCUT2D eigenvalue weighted by molar-refractivity contribution is 5.53. The van der Waals surface area contributed by atoms with Crippen LogP contribution in [0.5, 0.6) is 0 Å². The molecule has 2 rings (SSSR count). The maximum absolute atomic E-state index is 11.5. The van der Waals surface area contributed by atoms with E-state index in [1.165, 1.54) is 0 Å². The molecule has 4 heteroatoms. The lowest BCUT2D eigenvalue weighted by atomic mass is 10.2. The molecule has 0 atom stereocenters. The van der Waals surface area contributed by atoms with E-state index in [-0.39, 0.29) is 5.56 Å². The molecule has 0 aliphatic rings. The van der Waals surface area contributed by atoms with Crippen LogP contribution in [-0.4, -0.2) is 15.2 Å². The number of aromatic amines is 1. The Bertz CT molecular complexity index is 505. The molecule has 15 heavy (non-hydrogen) atoms. The zero-order valence-corrected chi connectivity index (χ0v) is 8.40. The number of aryl methyl sites for hydroxylation is 1. The van der Waals surface area contributed by atoms with Crippen LogP contribution in [0.15, 0.2) is 35.1 Å². The Balaban J connectivity index is 2.48. The van der Waals surface area contributed by atoms with E-state index in [0.717, 1.165) is 5.56 Å². The summed E-state index contributed by atoms with van der Waals surface area (Å²) in [6.45, 7) is 1.88. The molecule has 76 valence electrons. The van der Waals surface area contributed by atoms with Crippen LogP contribution in [0.1, 0.15) is 12.6 Å². The molecule has 0 fully saturated rings. The number of hydrogen-bond donors (Lipinski definition) is 1. The van der Waals surface area contributed by atoms with Gasteiger partial charge in [-0.25, -0.2) is 0 Å². The lowest BCUT2D eigenvalue weighted by Gasteiger charge is -1.99. The summed E-state index contributed by atoms with van der Waals surface area (Å²) in [5.41, 5.74) is 1.17. The minimum Gasteiger partial charge on any atom is -0.303 e. The minimum absolute atomic E-state index is 0.161. The third kappa shape index (κ3) is 1.93. The summed E-state index contributed by atoms with van der Waals surface area (Å²) in [7, 11) is 0. The maximum Gasteiger partial charge on any atom is 0.273 e. The molecule has 1 heterocycles. The number of nitrogens with zero attached hydrogens (tertiary/aromatic N) is 2. The smallest absolute Gasteiger partial charge is 0.273 e. The lowest BCUT2D eigenvalue weighted by molar-refractivity contribution is 0.860. The second kappa shape index (κ2) is 4.04. The summed E-state index contributed by atoms with van der Waals surface area (Å²) < 4.78 is 0. The number of benzene rings is 1. The molecule has 0 unspecified atom stereocenters. The first kappa shape index (κ1) is 9.58. The van der Waals surface area contributed by atoms with Crippen LogP contribution in [0.3, 0.4) is 0 Å². The minimum atomic E-state index is -0.161. The van der Waals surface area contributed by atoms with Crippen LogP contribution in [0.4, 0.5) is 0 Å². The number of aromatic nitrogens is 3. The first-order valence-corrected chi connectivity index (χ1v) is 4.82. The van der Waals surface area contributed by atoms with E-state index in [4.69, 9.17) is 0 Å². The number of nitrogens with one attached hydrogen (secondary N) is 1. The molecule has 0 radical (unpaired) electrons. The largest absolute Gasteiger partial charge is 0.303 e. The van der Waals surface area contributed by atoms with E-state index >= 15 is 0 Å². The predicted molar refractivity (Wildman–Crippen MR) is 57.5 cm³/mol. The van der Waals surface area contributed by atoms with Gasteiger partial charge in [-0.2, -0.15) is 0 Å². The molecule has 0 spiro atoms. The van der Waals surface area contributed by atoms with Gasteiger partial charge in [-0.05, 0) is 6.42 Å². The van der Waals surface area contributed by atoms with E-state index in [1.54, 1.807) is 0 Å². The lowest BCUT2D eigenvalue weighted by Crippen LogP contribution is -2.16. The molecular formula is C11H11N3O. The molecular weight excluding hydrogens is 190 g/mol. The highest BCUT2D eigenvalue weighted by Crippen LogP contribution is 2.10. The average molecular weight is 201 g/mol. The van der Waals surface area contributed by atoms with E-state index in [1.807, 2.05) is 37.3 Å². The molecule has 1 aromatic carbocycles. The zero-order chi connectivity index (χ0) is 10.7. The molecule has 0 amide bonds. The van der Waals surface area contributed by atoms with Gasteiger partial charge in [0.2, 0.25) is 0 Å². The molecule has 0 aliphatic heterocycles. The Kier molecular flexibility index (Phi) is 2.58. The fourth-order valence-electron chi connectivity index (χ4n) is 1.32. The van der Waals surface area contributed by atoms with Gasteiger partial charge in [0, 0.05) is 5.56 Å². The summed E-state index contributed by atoms with van der Waals surface area (Å²) in [5.74, 6) is 0.512.